The molecule has 0 bridgehead atoms. The second-order valence-corrected chi connectivity index (χ2v) is 17.6. The SMILES string of the molecule is C[Si](C)(C)OC(=O)C(N)Cc1ccc(Oc2ccc(O[Si](C)(C)C)cc2)cc1. The summed E-state index contributed by atoms with van der Waals surface area (Å²) in [5.41, 5.74) is 6.95. The molecule has 0 aliphatic heterocycles. The van der Waals surface area contributed by atoms with Gasteiger partial charge in [-0.15, -0.1) is 0 Å². The first-order valence-electron chi connectivity index (χ1n) is 9.46. The van der Waals surface area contributed by atoms with Gasteiger partial charge in [0.2, 0.25) is 16.6 Å². The third kappa shape index (κ3) is 7.88. The molecule has 28 heavy (non-hydrogen) atoms. The van der Waals surface area contributed by atoms with Gasteiger partial charge >= 0.3 is 5.97 Å². The molecule has 2 aromatic carbocycles. The molecule has 0 aliphatic rings. The van der Waals surface area contributed by atoms with Gasteiger partial charge in [0.1, 0.15) is 23.3 Å². The highest BCUT2D eigenvalue weighted by Gasteiger charge is 2.24. The van der Waals surface area contributed by atoms with Crippen molar-refractivity contribution in [3.63, 3.8) is 0 Å². The first-order valence-corrected chi connectivity index (χ1v) is 16.3. The summed E-state index contributed by atoms with van der Waals surface area (Å²) in [5.74, 6) is 1.99. The molecule has 0 aliphatic carbocycles. The Hall–Kier alpha value is -2.10. The van der Waals surface area contributed by atoms with E-state index in [0.717, 1.165) is 22.8 Å². The average Bonchev–Trinajstić information content (AvgIpc) is 2.55. The van der Waals surface area contributed by atoms with Crippen LogP contribution in [-0.2, 0) is 15.6 Å². The minimum absolute atomic E-state index is 0.333. The van der Waals surface area contributed by atoms with Crippen LogP contribution in [0.2, 0.25) is 39.3 Å². The van der Waals surface area contributed by atoms with E-state index in [1.807, 2.05) is 68.2 Å². The van der Waals surface area contributed by atoms with Crippen molar-refractivity contribution in [2.75, 3.05) is 0 Å². The number of hydrogen-bond donors (Lipinski definition) is 1. The Bertz CT molecular complexity index is 778. The number of carbonyl (C=O) groups excluding carboxylic acids is 1. The standard InChI is InChI=1S/C21H31NO4Si2/c1-27(2,3)25-19-13-11-18(12-14-19)24-17-9-7-16(8-10-17)15-20(22)21(23)26-28(4,5)6/h7-14,20H,15,22H2,1-6H3. The zero-order chi connectivity index (χ0) is 20.9. The lowest BCUT2D eigenvalue weighted by Gasteiger charge is -2.20. The number of nitrogens with two attached hydrogens (primary N) is 1. The molecule has 0 spiro atoms. The van der Waals surface area contributed by atoms with Crippen molar-refractivity contribution >= 4 is 22.6 Å². The van der Waals surface area contributed by atoms with E-state index in [-0.39, 0.29) is 5.97 Å². The van der Waals surface area contributed by atoms with Gasteiger partial charge in [-0.1, -0.05) is 12.1 Å². The summed E-state index contributed by atoms with van der Waals surface area (Å²) in [4.78, 5) is 12.0. The molecule has 1 unspecified atom stereocenters. The summed E-state index contributed by atoms with van der Waals surface area (Å²) in [6.45, 7) is 12.3. The maximum Gasteiger partial charge on any atom is 0.309 e. The van der Waals surface area contributed by atoms with E-state index >= 15 is 0 Å². The first kappa shape index (κ1) is 22.2. The Morgan fingerprint density at radius 2 is 1.29 bits per heavy atom. The van der Waals surface area contributed by atoms with Crippen LogP contribution >= 0.6 is 0 Å². The molecule has 0 amide bonds. The van der Waals surface area contributed by atoms with Crippen LogP contribution in [0, 0.1) is 0 Å². The van der Waals surface area contributed by atoms with E-state index in [1.165, 1.54) is 0 Å². The summed E-state index contributed by atoms with van der Waals surface area (Å²) >= 11 is 0. The van der Waals surface area contributed by atoms with E-state index < -0.39 is 22.7 Å². The molecule has 152 valence electrons. The number of carbonyl (C=O) groups is 1. The highest BCUT2D eigenvalue weighted by molar-refractivity contribution is 6.71. The summed E-state index contributed by atoms with van der Waals surface area (Å²) in [6.07, 6.45) is 0.437. The van der Waals surface area contributed by atoms with Crippen LogP contribution in [0.4, 0.5) is 0 Å². The first-order chi connectivity index (χ1) is 12.9. The molecule has 0 saturated heterocycles. The van der Waals surface area contributed by atoms with Gasteiger partial charge < -0.3 is 19.3 Å². The fourth-order valence-electron chi connectivity index (χ4n) is 2.47. The van der Waals surface area contributed by atoms with E-state index in [2.05, 4.69) is 19.6 Å². The van der Waals surface area contributed by atoms with Crippen molar-refractivity contribution in [1.82, 2.24) is 0 Å². The fraction of sp³-hybridized carbons (Fsp3) is 0.381. The van der Waals surface area contributed by atoms with Crippen LogP contribution in [0.15, 0.2) is 48.5 Å². The van der Waals surface area contributed by atoms with Crippen molar-refractivity contribution in [2.24, 2.45) is 5.73 Å². The molecule has 2 rings (SSSR count). The summed E-state index contributed by atoms with van der Waals surface area (Å²) in [5, 5.41) is 0. The van der Waals surface area contributed by atoms with Crippen LogP contribution < -0.4 is 14.9 Å². The minimum atomic E-state index is -1.93. The van der Waals surface area contributed by atoms with Gasteiger partial charge in [-0.3, -0.25) is 4.79 Å². The van der Waals surface area contributed by atoms with E-state index in [1.54, 1.807) is 0 Å². The summed E-state index contributed by atoms with van der Waals surface area (Å²) in [6, 6.07) is 14.6. The second-order valence-electron chi connectivity index (χ2n) is 8.78. The highest BCUT2D eigenvalue weighted by Crippen LogP contribution is 2.25. The van der Waals surface area contributed by atoms with Gasteiger partial charge in [0.25, 0.3) is 0 Å². The largest absolute Gasteiger partial charge is 0.544 e. The van der Waals surface area contributed by atoms with Crippen LogP contribution in [0.1, 0.15) is 5.56 Å². The van der Waals surface area contributed by atoms with Crippen molar-refractivity contribution in [2.45, 2.75) is 51.7 Å². The van der Waals surface area contributed by atoms with E-state index in [4.69, 9.17) is 19.3 Å². The maximum absolute atomic E-state index is 12.0. The normalized spacial score (nSPS) is 13.0. The number of benzene rings is 2. The lowest BCUT2D eigenvalue weighted by Crippen LogP contribution is -2.40. The van der Waals surface area contributed by atoms with Crippen LogP contribution in [0.3, 0.4) is 0 Å². The smallest absolute Gasteiger partial charge is 0.309 e. The zero-order valence-corrected chi connectivity index (χ0v) is 19.6. The topological polar surface area (TPSA) is 70.8 Å². The van der Waals surface area contributed by atoms with Crippen LogP contribution in [0.25, 0.3) is 0 Å². The average molecular weight is 418 g/mol. The third-order valence-electron chi connectivity index (χ3n) is 3.57. The lowest BCUT2D eigenvalue weighted by atomic mass is 10.1. The molecule has 7 heteroatoms. The van der Waals surface area contributed by atoms with Crippen molar-refractivity contribution < 1.29 is 18.4 Å². The zero-order valence-electron chi connectivity index (χ0n) is 17.6. The van der Waals surface area contributed by atoms with Gasteiger partial charge in [0, 0.05) is 0 Å². The second kappa shape index (κ2) is 8.94. The van der Waals surface area contributed by atoms with Gasteiger partial charge in [0.15, 0.2) is 0 Å². The predicted molar refractivity (Wildman–Crippen MR) is 118 cm³/mol. The van der Waals surface area contributed by atoms with E-state index in [0.29, 0.717) is 6.42 Å². The molecule has 0 heterocycles. The third-order valence-corrected chi connectivity index (χ3v) is 5.23. The molecular weight excluding hydrogens is 386 g/mol. The summed E-state index contributed by atoms with van der Waals surface area (Å²) in [7, 11) is -3.54. The molecular formula is C21H31NO4Si2. The predicted octanol–water partition coefficient (Wildman–Crippen LogP) is 4.94. The number of ether oxygens (including phenoxy) is 1. The van der Waals surface area contributed by atoms with Crippen molar-refractivity contribution in [1.29, 1.82) is 0 Å². The number of rotatable bonds is 8. The van der Waals surface area contributed by atoms with Gasteiger partial charge in [-0.2, -0.15) is 0 Å². The molecule has 1 atom stereocenters. The van der Waals surface area contributed by atoms with Crippen LogP contribution in [-0.4, -0.2) is 28.6 Å². The van der Waals surface area contributed by atoms with Crippen molar-refractivity contribution in [3.8, 4) is 17.2 Å². The molecule has 0 aromatic heterocycles. The lowest BCUT2D eigenvalue weighted by molar-refractivity contribution is -0.136. The monoisotopic (exact) mass is 417 g/mol. The highest BCUT2D eigenvalue weighted by atomic mass is 28.4. The molecule has 5 nitrogen and oxygen atoms in total. The fourth-order valence-corrected chi connectivity index (χ4v) is 4.07. The number of hydrogen-bond acceptors (Lipinski definition) is 5. The van der Waals surface area contributed by atoms with Gasteiger partial charge in [-0.05, 0) is 87.7 Å². The molecule has 2 N–H and O–H groups in total. The molecule has 0 radical (unpaired) electrons. The Labute approximate surface area is 170 Å². The quantitative estimate of drug-likeness (QED) is 0.616. The van der Waals surface area contributed by atoms with Crippen LogP contribution in [0.5, 0.6) is 17.2 Å². The van der Waals surface area contributed by atoms with E-state index in [9.17, 15) is 4.79 Å². The maximum atomic E-state index is 12.0. The van der Waals surface area contributed by atoms with Gasteiger partial charge in [-0.25, -0.2) is 0 Å². The summed E-state index contributed by atoms with van der Waals surface area (Å²) < 4.78 is 17.3. The van der Waals surface area contributed by atoms with Gasteiger partial charge in [0.05, 0.1) is 0 Å². The molecule has 2 aromatic rings. The Morgan fingerprint density at radius 1 is 0.821 bits per heavy atom. The Balaban J connectivity index is 1.93. The Morgan fingerprint density at radius 3 is 1.75 bits per heavy atom. The van der Waals surface area contributed by atoms with Crippen molar-refractivity contribution in [3.05, 3.63) is 54.1 Å². The Kier molecular flexibility index (Phi) is 7.08. The molecule has 0 saturated carbocycles. The molecule has 0 fully saturated rings. The minimum Gasteiger partial charge on any atom is -0.544 e.